The number of benzene rings is 2. The molecule has 0 aliphatic rings. The van der Waals surface area contributed by atoms with Crippen LogP contribution in [0, 0.1) is 0 Å². The molecule has 2 atom stereocenters. The molecule has 2 aromatic carbocycles. The number of ether oxygens (including phenoxy) is 2. The molecule has 3 nitrogen and oxygen atoms in total. The van der Waals surface area contributed by atoms with Gasteiger partial charge in [-0.1, -0.05) is 43.3 Å². The summed E-state index contributed by atoms with van der Waals surface area (Å²) in [5, 5.41) is 0. The highest BCUT2D eigenvalue weighted by Crippen LogP contribution is 2.32. The quantitative estimate of drug-likeness (QED) is 0.879. The molecule has 0 bridgehead atoms. The molecule has 0 heterocycles. The molecule has 2 unspecified atom stereocenters. The first-order chi connectivity index (χ1) is 10.2. The maximum Gasteiger partial charge on any atom is 0.142 e. The minimum atomic E-state index is -0.242. The summed E-state index contributed by atoms with van der Waals surface area (Å²) in [6.07, 6.45) is 0.683. The number of aryl methyl sites for hydroxylation is 1. The molecule has 112 valence electrons. The SMILES string of the molecule is CCc1ccccc1OC(c1ccccc1OC)C(C)N. The summed E-state index contributed by atoms with van der Waals surface area (Å²) in [5.74, 6) is 1.68. The van der Waals surface area contributed by atoms with Gasteiger partial charge in [-0.3, -0.25) is 0 Å². The van der Waals surface area contributed by atoms with Crippen molar-refractivity contribution in [2.24, 2.45) is 5.73 Å². The summed E-state index contributed by atoms with van der Waals surface area (Å²) < 4.78 is 11.7. The lowest BCUT2D eigenvalue weighted by Gasteiger charge is -2.25. The molecule has 0 radical (unpaired) electrons. The zero-order valence-corrected chi connectivity index (χ0v) is 12.9. The third-order valence-electron chi connectivity index (χ3n) is 3.53. The van der Waals surface area contributed by atoms with E-state index in [4.69, 9.17) is 15.2 Å². The average molecular weight is 285 g/mol. The van der Waals surface area contributed by atoms with Crippen molar-refractivity contribution in [3.8, 4) is 11.5 Å². The van der Waals surface area contributed by atoms with Crippen LogP contribution < -0.4 is 15.2 Å². The van der Waals surface area contributed by atoms with Crippen LogP contribution in [0.15, 0.2) is 48.5 Å². The number of methoxy groups -OCH3 is 1. The van der Waals surface area contributed by atoms with E-state index in [1.165, 1.54) is 5.56 Å². The van der Waals surface area contributed by atoms with Crippen LogP contribution in [-0.2, 0) is 6.42 Å². The predicted octanol–water partition coefficient (Wildman–Crippen LogP) is 3.72. The molecule has 2 N–H and O–H groups in total. The Morgan fingerprint density at radius 3 is 2.24 bits per heavy atom. The molecule has 0 aliphatic heterocycles. The first-order valence-electron chi connectivity index (χ1n) is 7.30. The van der Waals surface area contributed by atoms with Gasteiger partial charge in [0.15, 0.2) is 0 Å². The second-order valence-electron chi connectivity index (χ2n) is 5.10. The highest BCUT2D eigenvalue weighted by Gasteiger charge is 2.22. The lowest BCUT2D eigenvalue weighted by atomic mass is 10.0. The number of nitrogens with two attached hydrogens (primary N) is 1. The molecule has 3 heteroatoms. The van der Waals surface area contributed by atoms with Crippen molar-refractivity contribution < 1.29 is 9.47 Å². The summed E-state index contributed by atoms with van der Waals surface area (Å²) in [6, 6.07) is 15.8. The lowest BCUT2D eigenvalue weighted by Crippen LogP contribution is -2.29. The molecule has 21 heavy (non-hydrogen) atoms. The van der Waals surface area contributed by atoms with E-state index in [9.17, 15) is 0 Å². The van der Waals surface area contributed by atoms with Crippen molar-refractivity contribution in [3.63, 3.8) is 0 Å². The topological polar surface area (TPSA) is 44.5 Å². The van der Waals surface area contributed by atoms with Crippen LogP contribution in [0.4, 0.5) is 0 Å². The molecule has 0 aromatic heterocycles. The third-order valence-corrected chi connectivity index (χ3v) is 3.53. The van der Waals surface area contributed by atoms with E-state index < -0.39 is 0 Å². The molecule has 2 aromatic rings. The van der Waals surface area contributed by atoms with Gasteiger partial charge in [-0.15, -0.1) is 0 Å². The van der Waals surface area contributed by atoms with Crippen molar-refractivity contribution in [1.29, 1.82) is 0 Å². The van der Waals surface area contributed by atoms with E-state index >= 15 is 0 Å². The Balaban J connectivity index is 2.36. The molecule has 0 spiro atoms. The summed E-state index contributed by atoms with van der Waals surface area (Å²) in [6.45, 7) is 4.07. The van der Waals surface area contributed by atoms with Gasteiger partial charge < -0.3 is 15.2 Å². The van der Waals surface area contributed by atoms with Gasteiger partial charge in [-0.05, 0) is 31.0 Å². The Labute approximate surface area is 126 Å². The lowest BCUT2D eigenvalue weighted by molar-refractivity contribution is 0.174. The van der Waals surface area contributed by atoms with Gasteiger partial charge in [0, 0.05) is 11.6 Å². The molecule has 0 aliphatic carbocycles. The van der Waals surface area contributed by atoms with Crippen LogP contribution >= 0.6 is 0 Å². The highest BCUT2D eigenvalue weighted by atomic mass is 16.5. The first-order valence-corrected chi connectivity index (χ1v) is 7.30. The van der Waals surface area contributed by atoms with Crippen molar-refractivity contribution >= 4 is 0 Å². The van der Waals surface area contributed by atoms with Crippen LogP contribution in [0.2, 0.25) is 0 Å². The van der Waals surface area contributed by atoms with E-state index in [2.05, 4.69) is 13.0 Å². The number of hydrogen-bond acceptors (Lipinski definition) is 3. The van der Waals surface area contributed by atoms with Gasteiger partial charge in [-0.2, -0.15) is 0 Å². The molecular formula is C18H23NO2. The molecule has 0 saturated carbocycles. The van der Waals surface area contributed by atoms with E-state index in [0.717, 1.165) is 23.5 Å². The first kappa shape index (κ1) is 15.4. The Morgan fingerprint density at radius 1 is 1.00 bits per heavy atom. The minimum absolute atomic E-state index is 0.147. The molecule has 2 rings (SSSR count). The normalized spacial score (nSPS) is 13.5. The summed E-state index contributed by atoms with van der Waals surface area (Å²) >= 11 is 0. The Bertz CT molecular complexity index is 581. The average Bonchev–Trinajstić information content (AvgIpc) is 2.52. The third kappa shape index (κ3) is 3.56. The smallest absolute Gasteiger partial charge is 0.142 e. The standard InChI is InChI=1S/C18H23NO2/c1-4-14-9-5-7-11-16(14)21-18(13(2)19)15-10-6-8-12-17(15)20-3/h5-13,18H,4,19H2,1-3H3. The van der Waals surface area contributed by atoms with Crippen molar-refractivity contribution in [2.45, 2.75) is 32.4 Å². The van der Waals surface area contributed by atoms with Crippen LogP contribution in [-0.4, -0.2) is 13.2 Å². The maximum atomic E-state index is 6.22. The van der Waals surface area contributed by atoms with Gasteiger partial charge in [-0.25, -0.2) is 0 Å². The number of hydrogen-bond donors (Lipinski definition) is 1. The van der Waals surface area contributed by atoms with Gasteiger partial charge in [0.1, 0.15) is 17.6 Å². The van der Waals surface area contributed by atoms with Crippen LogP contribution in [0.1, 0.15) is 31.1 Å². The largest absolute Gasteiger partial charge is 0.496 e. The summed E-state index contributed by atoms with van der Waals surface area (Å²) in [5.41, 5.74) is 8.30. The fraction of sp³-hybridized carbons (Fsp3) is 0.333. The molecule has 0 fully saturated rings. The number of rotatable bonds is 6. The molecule has 0 amide bonds. The van der Waals surface area contributed by atoms with Crippen LogP contribution in [0.25, 0.3) is 0 Å². The zero-order valence-electron chi connectivity index (χ0n) is 12.9. The van der Waals surface area contributed by atoms with E-state index in [-0.39, 0.29) is 12.1 Å². The van der Waals surface area contributed by atoms with E-state index in [0.29, 0.717) is 0 Å². The zero-order chi connectivity index (χ0) is 15.2. The maximum absolute atomic E-state index is 6.22. The summed E-state index contributed by atoms with van der Waals surface area (Å²) in [4.78, 5) is 0. The van der Waals surface area contributed by atoms with Gasteiger partial charge >= 0.3 is 0 Å². The Kier molecular flexibility index (Phi) is 5.23. The van der Waals surface area contributed by atoms with E-state index in [1.807, 2.05) is 49.4 Å². The minimum Gasteiger partial charge on any atom is -0.496 e. The van der Waals surface area contributed by atoms with Gasteiger partial charge in [0.25, 0.3) is 0 Å². The highest BCUT2D eigenvalue weighted by molar-refractivity contribution is 5.38. The van der Waals surface area contributed by atoms with Crippen molar-refractivity contribution in [1.82, 2.24) is 0 Å². The fourth-order valence-corrected chi connectivity index (χ4v) is 2.40. The van der Waals surface area contributed by atoms with E-state index in [1.54, 1.807) is 7.11 Å². The molecule has 0 saturated heterocycles. The van der Waals surface area contributed by atoms with Crippen molar-refractivity contribution in [2.75, 3.05) is 7.11 Å². The Morgan fingerprint density at radius 2 is 1.62 bits per heavy atom. The fourth-order valence-electron chi connectivity index (χ4n) is 2.40. The number of para-hydroxylation sites is 2. The monoisotopic (exact) mass is 285 g/mol. The second-order valence-corrected chi connectivity index (χ2v) is 5.10. The predicted molar refractivity (Wildman–Crippen MR) is 85.8 cm³/mol. The second kappa shape index (κ2) is 7.14. The molecular weight excluding hydrogens is 262 g/mol. The van der Waals surface area contributed by atoms with Crippen molar-refractivity contribution in [3.05, 3.63) is 59.7 Å². The summed E-state index contributed by atoms with van der Waals surface area (Å²) in [7, 11) is 1.66. The van der Waals surface area contributed by atoms with Crippen LogP contribution in [0.5, 0.6) is 11.5 Å². The van der Waals surface area contributed by atoms with Gasteiger partial charge in [0.05, 0.1) is 7.11 Å². The van der Waals surface area contributed by atoms with Gasteiger partial charge in [0.2, 0.25) is 0 Å². The van der Waals surface area contributed by atoms with Crippen LogP contribution in [0.3, 0.4) is 0 Å². The Hall–Kier alpha value is -2.00.